The number of carbonyl (C=O) groups is 1. The van der Waals surface area contributed by atoms with Crippen LogP contribution in [0.25, 0.3) is 11.6 Å². The summed E-state index contributed by atoms with van der Waals surface area (Å²) in [6.07, 6.45) is 3.42. The molecule has 2 aromatic heterocycles. The van der Waals surface area contributed by atoms with Crippen molar-refractivity contribution in [3.05, 3.63) is 58.7 Å². The summed E-state index contributed by atoms with van der Waals surface area (Å²) in [5, 5.41) is 7.12. The summed E-state index contributed by atoms with van der Waals surface area (Å²) in [7, 11) is 0. The third-order valence-corrected chi connectivity index (χ3v) is 4.12. The molecule has 1 aliphatic rings. The fraction of sp³-hybridized carbons (Fsp3) is 0.278. The zero-order chi connectivity index (χ0) is 17.4. The number of aromatic nitrogens is 3. The summed E-state index contributed by atoms with van der Waals surface area (Å²) in [5.74, 6) is 0.710. The second-order valence-electron chi connectivity index (χ2n) is 6.26. The maximum absolute atomic E-state index is 12.7. The van der Waals surface area contributed by atoms with Gasteiger partial charge in [0.05, 0.1) is 6.26 Å². The monoisotopic (exact) mass is 338 g/mol. The average Bonchev–Trinajstić information content (AvgIpc) is 3.15. The summed E-state index contributed by atoms with van der Waals surface area (Å²) in [5.41, 5.74) is 1.47. The number of amides is 1. The van der Waals surface area contributed by atoms with Crippen LogP contribution >= 0.6 is 0 Å². The number of furan rings is 1. The molecule has 4 rings (SSSR count). The van der Waals surface area contributed by atoms with Gasteiger partial charge in [0.15, 0.2) is 5.76 Å². The van der Waals surface area contributed by atoms with E-state index in [0.717, 1.165) is 18.4 Å². The molecule has 0 atom stereocenters. The SMILES string of the molecule is Cc1cccc(NC(=O)Cn2nc(-c3ccco3)n(C3CC3)c2=O)c1. The number of nitrogens with one attached hydrogen (secondary N) is 1. The zero-order valence-electron chi connectivity index (χ0n) is 13.8. The first kappa shape index (κ1) is 15.4. The van der Waals surface area contributed by atoms with Crippen LogP contribution < -0.4 is 11.0 Å². The van der Waals surface area contributed by atoms with Gasteiger partial charge < -0.3 is 9.73 Å². The topological polar surface area (TPSA) is 82.1 Å². The normalized spacial score (nSPS) is 13.8. The molecule has 1 aromatic carbocycles. The van der Waals surface area contributed by atoms with Crippen LogP contribution in [0.4, 0.5) is 5.69 Å². The van der Waals surface area contributed by atoms with Crippen molar-refractivity contribution in [1.82, 2.24) is 14.3 Å². The van der Waals surface area contributed by atoms with Crippen LogP contribution in [0.3, 0.4) is 0 Å². The molecule has 25 heavy (non-hydrogen) atoms. The highest BCUT2D eigenvalue weighted by atomic mass is 16.3. The second-order valence-corrected chi connectivity index (χ2v) is 6.26. The van der Waals surface area contributed by atoms with Crippen LogP contribution in [0, 0.1) is 6.92 Å². The van der Waals surface area contributed by atoms with E-state index < -0.39 is 0 Å². The Morgan fingerprint density at radius 2 is 2.16 bits per heavy atom. The Bertz CT molecular complexity index is 965. The molecule has 0 saturated heterocycles. The van der Waals surface area contributed by atoms with Crippen LogP contribution in [0.15, 0.2) is 51.9 Å². The predicted molar refractivity (Wildman–Crippen MR) is 92.3 cm³/mol. The smallest absolute Gasteiger partial charge is 0.347 e. The fourth-order valence-electron chi connectivity index (χ4n) is 2.82. The lowest BCUT2D eigenvalue weighted by Crippen LogP contribution is -2.30. The van der Waals surface area contributed by atoms with Crippen LogP contribution in [-0.2, 0) is 11.3 Å². The van der Waals surface area contributed by atoms with E-state index in [1.807, 2.05) is 31.2 Å². The number of aryl methyl sites for hydroxylation is 1. The molecule has 1 aliphatic carbocycles. The summed E-state index contributed by atoms with van der Waals surface area (Å²) in [6.45, 7) is 1.81. The minimum atomic E-state index is -0.292. The lowest BCUT2D eigenvalue weighted by atomic mass is 10.2. The zero-order valence-corrected chi connectivity index (χ0v) is 13.8. The molecule has 1 amide bonds. The van der Waals surface area contributed by atoms with Gasteiger partial charge in [0.2, 0.25) is 11.7 Å². The summed E-state index contributed by atoms with van der Waals surface area (Å²) >= 11 is 0. The molecule has 7 heteroatoms. The van der Waals surface area contributed by atoms with Gasteiger partial charge in [0.1, 0.15) is 6.54 Å². The van der Waals surface area contributed by atoms with Crippen molar-refractivity contribution in [3.63, 3.8) is 0 Å². The molecule has 7 nitrogen and oxygen atoms in total. The number of anilines is 1. The molecular formula is C18H18N4O3. The summed E-state index contributed by atoms with van der Waals surface area (Å²) in [4.78, 5) is 24.9. The fourth-order valence-corrected chi connectivity index (χ4v) is 2.82. The number of rotatable bonds is 5. The van der Waals surface area contributed by atoms with E-state index in [1.165, 1.54) is 4.68 Å². The number of hydrogen-bond donors (Lipinski definition) is 1. The Morgan fingerprint density at radius 3 is 2.84 bits per heavy atom. The first-order valence-corrected chi connectivity index (χ1v) is 8.21. The molecular weight excluding hydrogens is 320 g/mol. The molecule has 1 N–H and O–H groups in total. The van der Waals surface area contributed by atoms with Gasteiger partial charge in [-0.1, -0.05) is 12.1 Å². The lowest BCUT2D eigenvalue weighted by Gasteiger charge is -2.05. The third kappa shape index (κ3) is 3.13. The molecule has 128 valence electrons. The molecule has 2 heterocycles. The quantitative estimate of drug-likeness (QED) is 0.775. The van der Waals surface area contributed by atoms with Gasteiger partial charge in [-0.25, -0.2) is 9.48 Å². The first-order valence-electron chi connectivity index (χ1n) is 8.21. The van der Waals surface area contributed by atoms with Crippen LogP contribution in [0.2, 0.25) is 0 Å². The minimum absolute atomic E-state index is 0.139. The van der Waals surface area contributed by atoms with E-state index in [2.05, 4.69) is 10.4 Å². The van der Waals surface area contributed by atoms with Crippen molar-refractivity contribution in [2.45, 2.75) is 32.4 Å². The first-order chi connectivity index (χ1) is 12.1. The molecule has 0 bridgehead atoms. The molecule has 0 radical (unpaired) electrons. The van der Waals surface area contributed by atoms with Crippen molar-refractivity contribution in [1.29, 1.82) is 0 Å². The van der Waals surface area contributed by atoms with E-state index in [4.69, 9.17) is 4.42 Å². The van der Waals surface area contributed by atoms with Gasteiger partial charge in [0.25, 0.3) is 0 Å². The Balaban J connectivity index is 1.59. The van der Waals surface area contributed by atoms with Crippen molar-refractivity contribution >= 4 is 11.6 Å². The highest BCUT2D eigenvalue weighted by Gasteiger charge is 2.31. The number of hydrogen-bond acceptors (Lipinski definition) is 4. The predicted octanol–water partition coefficient (Wildman–Crippen LogP) is 2.59. The number of carbonyl (C=O) groups excluding carboxylic acids is 1. The van der Waals surface area contributed by atoms with Crippen molar-refractivity contribution in [2.24, 2.45) is 0 Å². The highest BCUT2D eigenvalue weighted by molar-refractivity contribution is 5.90. The molecule has 1 fully saturated rings. The van der Waals surface area contributed by atoms with Gasteiger partial charge in [-0.15, -0.1) is 5.10 Å². The van der Waals surface area contributed by atoms with Crippen LogP contribution in [0.5, 0.6) is 0 Å². The standard InChI is InChI=1S/C18H18N4O3/c1-12-4-2-5-13(10-12)19-16(23)11-21-18(24)22(14-7-8-14)17(20-21)15-6-3-9-25-15/h2-6,9-10,14H,7-8,11H2,1H3,(H,19,23). The van der Waals surface area contributed by atoms with Gasteiger partial charge in [0, 0.05) is 11.7 Å². The Kier molecular flexibility index (Phi) is 3.76. The Labute approximate surface area is 143 Å². The van der Waals surface area contributed by atoms with Crippen LogP contribution in [-0.4, -0.2) is 20.3 Å². The largest absolute Gasteiger partial charge is 0.461 e. The highest BCUT2D eigenvalue weighted by Crippen LogP contribution is 2.36. The van der Waals surface area contributed by atoms with Crippen molar-refractivity contribution < 1.29 is 9.21 Å². The summed E-state index contributed by atoms with van der Waals surface area (Å²) in [6, 6.07) is 11.2. The maximum atomic E-state index is 12.7. The molecule has 3 aromatic rings. The van der Waals surface area contributed by atoms with E-state index in [-0.39, 0.29) is 24.2 Å². The average molecular weight is 338 g/mol. The van der Waals surface area contributed by atoms with Gasteiger partial charge >= 0.3 is 5.69 Å². The Hall–Kier alpha value is -3.09. The number of nitrogens with zero attached hydrogens (tertiary/aromatic N) is 3. The molecule has 0 aliphatic heterocycles. The number of benzene rings is 1. The van der Waals surface area contributed by atoms with Crippen molar-refractivity contribution in [3.8, 4) is 11.6 Å². The maximum Gasteiger partial charge on any atom is 0.347 e. The van der Waals surface area contributed by atoms with Gasteiger partial charge in [-0.3, -0.25) is 9.36 Å². The Morgan fingerprint density at radius 1 is 1.32 bits per heavy atom. The van der Waals surface area contributed by atoms with Crippen LogP contribution in [0.1, 0.15) is 24.4 Å². The van der Waals surface area contributed by atoms with E-state index in [1.54, 1.807) is 23.0 Å². The van der Waals surface area contributed by atoms with Gasteiger partial charge in [-0.05, 0) is 49.6 Å². The van der Waals surface area contributed by atoms with E-state index in [9.17, 15) is 9.59 Å². The minimum Gasteiger partial charge on any atom is -0.461 e. The molecule has 1 saturated carbocycles. The second kappa shape index (κ2) is 6.08. The van der Waals surface area contributed by atoms with Gasteiger partial charge in [-0.2, -0.15) is 0 Å². The lowest BCUT2D eigenvalue weighted by molar-refractivity contribution is -0.117. The summed E-state index contributed by atoms with van der Waals surface area (Å²) < 4.78 is 8.20. The molecule has 0 unspecified atom stereocenters. The third-order valence-electron chi connectivity index (χ3n) is 4.12. The van der Waals surface area contributed by atoms with E-state index in [0.29, 0.717) is 17.3 Å². The molecule has 0 spiro atoms. The van der Waals surface area contributed by atoms with Crippen molar-refractivity contribution in [2.75, 3.05) is 5.32 Å². The van der Waals surface area contributed by atoms with E-state index >= 15 is 0 Å².